The molecule has 0 unspecified atom stereocenters. The van der Waals surface area contributed by atoms with E-state index in [2.05, 4.69) is 25.8 Å². The highest BCUT2D eigenvalue weighted by Gasteiger charge is 2.26. The fraction of sp³-hybridized carbons (Fsp3) is 0.273. The number of H-pyrrole nitrogens is 1. The molecule has 2 heterocycles. The minimum atomic E-state index is -0.292. The normalized spacial score (nSPS) is 17.0. The van der Waals surface area contributed by atoms with Crippen LogP contribution in [-0.4, -0.2) is 57.3 Å². The Kier molecular flexibility index (Phi) is 5.10. The monoisotopic (exact) mass is 389 g/mol. The van der Waals surface area contributed by atoms with Crippen LogP contribution in [0.15, 0.2) is 54.3 Å². The predicted octanol–water partition coefficient (Wildman–Crippen LogP) is 3.27. The SMILES string of the molecule is C[C@@H](/C(O)=C(\C#N)c1nc2ccccc2[nH]1)N1CCN(c2ccc(O)cc2)CC1. The number of anilines is 1. The number of rotatable bonds is 4. The molecule has 0 aliphatic carbocycles. The van der Waals surface area contributed by atoms with E-state index in [1.54, 1.807) is 12.1 Å². The van der Waals surface area contributed by atoms with Gasteiger partial charge >= 0.3 is 0 Å². The number of benzene rings is 2. The van der Waals surface area contributed by atoms with Gasteiger partial charge in [0.15, 0.2) is 5.82 Å². The molecular weight excluding hydrogens is 366 g/mol. The Morgan fingerprint density at radius 3 is 2.45 bits per heavy atom. The molecule has 0 spiro atoms. The first-order valence-corrected chi connectivity index (χ1v) is 9.63. The zero-order valence-corrected chi connectivity index (χ0v) is 16.2. The molecule has 29 heavy (non-hydrogen) atoms. The van der Waals surface area contributed by atoms with Gasteiger partial charge in [0.2, 0.25) is 0 Å². The number of nitriles is 1. The summed E-state index contributed by atoms with van der Waals surface area (Å²) in [4.78, 5) is 12.0. The Bertz CT molecular complexity index is 1040. The molecule has 3 aromatic rings. The number of aromatic nitrogens is 2. The van der Waals surface area contributed by atoms with Crippen LogP contribution in [0.25, 0.3) is 16.6 Å². The Morgan fingerprint density at radius 2 is 1.79 bits per heavy atom. The Balaban J connectivity index is 1.50. The summed E-state index contributed by atoms with van der Waals surface area (Å²) in [5, 5.41) is 29.9. The summed E-state index contributed by atoms with van der Waals surface area (Å²) in [5.41, 5.74) is 2.83. The van der Waals surface area contributed by atoms with Crippen LogP contribution in [0.5, 0.6) is 5.75 Å². The highest BCUT2D eigenvalue weighted by Crippen LogP contribution is 2.24. The van der Waals surface area contributed by atoms with Gasteiger partial charge in [-0.1, -0.05) is 12.1 Å². The number of imidazole rings is 1. The third kappa shape index (κ3) is 3.75. The van der Waals surface area contributed by atoms with Gasteiger partial charge in [-0.25, -0.2) is 4.98 Å². The van der Waals surface area contributed by atoms with Crippen LogP contribution in [0.4, 0.5) is 5.69 Å². The number of phenolic OH excluding ortho intramolecular Hbond substituents is 1. The van der Waals surface area contributed by atoms with Crippen molar-refractivity contribution in [3.63, 3.8) is 0 Å². The molecule has 7 nitrogen and oxygen atoms in total. The van der Waals surface area contributed by atoms with E-state index >= 15 is 0 Å². The van der Waals surface area contributed by atoms with Gasteiger partial charge < -0.3 is 20.1 Å². The smallest absolute Gasteiger partial charge is 0.152 e. The van der Waals surface area contributed by atoms with Crippen LogP contribution in [-0.2, 0) is 0 Å². The first kappa shape index (κ1) is 18.8. The minimum absolute atomic E-state index is 0.0321. The summed E-state index contributed by atoms with van der Waals surface area (Å²) in [6.07, 6.45) is 0. The summed E-state index contributed by atoms with van der Waals surface area (Å²) >= 11 is 0. The van der Waals surface area contributed by atoms with E-state index < -0.39 is 0 Å². The zero-order chi connectivity index (χ0) is 20.4. The van der Waals surface area contributed by atoms with Gasteiger partial charge in [-0.15, -0.1) is 0 Å². The number of hydrogen-bond acceptors (Lipinski definition) is 6. The van der Waals surface area contributed by atoms with Gasteiger partial charge in [-0.2, -0.15) is 5.26 Å². The van der Waals surface area contributed by atoms with Gasteiger partial charge in [0.05, 0.1) is 17.1 Å². The summed E-state index contributed by atoms with van der Waals surface area (Å²) in [6, 6.07) is 16.5. The molecule has 2 aromatic carbocycles. The average molecular weight is 389 g/mol. The Hall–Kier alpha value is -3.50. The highest BCUT2D eigenvalue weighted by molar-refractivity contribution is 5.83. The molecule has 7 heteroatoms. The largest absolute Gasteiger partial charge is 0.509 e. The summed E-state index contributed by atoms with van der Waals surface area (Å²) < 4.78 is 0. The average Bonchev–Trinajstić information content (AvgIpc) is 3.18. The highest BCUT2D eigenvalue weighted by atomic mass is 16.3. The summed E-state index contributed by atoms with van der Waals surface area (Å²) in [5.74, 6) is 0.677. The Morgan fingerprint density at radius 1 is 1.10 bits per heavy atom. The van der Waals surface area contributed by atoms with Crippen LogP contribution < -0.4 is 4.90 Å². The number of nitrogens with zero attached hydrogens (tertiary/aromatic N) is 4. The number of hydrogen-bond donors (Lipinski definition) is 3. The van der Waals surface area contributed by atoms with Crippen molar-refractivity contribution in [2.45, 2.75) is 13.0 Å². The number of aromatic hydroxyl groups is 1. The number of para-hydroxylation sites is 2. The Labute approximate surface area is 169 Å². The number of aromatic amines is 1. The van der Waals surface area contributed by atoms with Gasteiger partial charge in [-0.05, 0) is 43.3 Å². The lowest BCUT2D eigenvalue weighted by molar-refractivity contribution is 0.178. The van der Waals surface area contributed by atoms with Crippen molar-refractivity contribution < 1.29 is 10.2 Å². The molecular formula is C22H23N5O2. The van der Waals surface area contributed by atoms with Crippen molar-refractivity contribution in [2.75, 3.05) is 31.1 Å². The summed E-state index contributed by atoms with van der Waals surface area (Å²) in [6.45, 7) is 5.02. The predicted molar refractivity (Wildman–Crippen MR) is 113 cm³/mol. The molecule has 1 saturated heterocycles. The van der Waals surface area contributed by atoms with Crippen molar-refractivity contribution in [2.24, 2.45) is 0 Å². The molecule has 148 valence electrons. The van der Waals surface area contributed by atoms with Gasteiger partial charge in [0.25, 0.3) is 0 Å². The first-order valence-electron chi connectivity index (χ1n) is 9.63. The molecule has 4 rings (SSSR count). The van der Waals surface area contributed by atoms with E-state index in [9.17, 15) is 15.5 Å². The first-order chi connectivity index (χ1) is 14.1. The van der Waals surface area contributed by atoms with Gasteiger partial charge in [-0.3, -0.25) is 4.90 Å². The zero-order valence-electron chi connectivity index (χ0n) is 16.2. The molecule has 1 aromatic heterocycles. The second kappa shape index (κ2) is 7.86. The van der Waals surface area contributed by atoms with E-state index in [1.165, 1.54) is 0 Å². The maximum absolute atomic E-state index is 10.8. The van der Waals surface area contributed by atoms with E-state index in [-0.39, 0.29) is 23.1 Å². The molecule has 1 atom stereocenters. The van der Waals surface area contributed by atoms with E-state index in [0.717, 1.165) is 42.9 Å². The summed E-state index contributed by atoms with van der Waals surface area (Å²) in [7, 11) is 0. The van der Waals surface area contributed by atoms with Crippen molar-refractivity contribution in [1.82, 2.24) is 14.9 Å². The third-order valence-corrected chi connectivity index (χ3v) is 5.47. The number of nitrogens with one attached hydrogen (secondary N) is 1. The maximum atomic E-state index is 10.8. The topological polar surface area (TPSA) is 99.4 Å². The van der Waals surface area contributed by atoms with Crippen LogP contribution in [0.3, 0.4) is 0 Å². The van der Waals surface area contributed by atoms with Gasteiger partial charge in [0.1, 0.15) is 23.2 Å². The molecule has 0 bridgehead atoms. The number of aliphatic hydroxyl groups excluding tert-OH is 1. The maximum Gasteiger partial charge on any atom is 0.152 e. The number of fused-ring (bicyclic) bond motifs is 1. The third-order valence-electron chi connectivity index (χ3n) is 5.47. The molecule has 0 amide bonds. The minimum Gasteiger partial charge on any atom is -0.509 e. The van der Waals surface area contributed by atoms with E-state index in [0.29, 0.717) is 5.82 Å². The quantitative estimate of drug-likeness (QED) is 0.468. The molecule has 1 aliphatic rings. The molecule has 1 fully saturated rings. The lowest BCUT2D eigenvalue weighted by Crippen LogP contribution is -2.50. The van der Waals surface area contributed by atoms with Crippen molar-refractivity contribution in [1.29, 1.82) is 5.26 Å². The fourth-order valence-electron chi connectivity index (χ4n) is 3.72. The van der Waals surface area contributed by atoms with Crippen molar-refractivity contribution in [3.8, 4) is 11.8 Å². The second-order valence-electron chi connectivity index (χ2n) is 7.19. The second-order valence-corrected chi connectivity index (χ2v) is 7.19. The van der Waals surface area contributed by atoms with Crippen LogP contribution in [0, 0.1) is 11.3 Å². The lowest BCUT2D eigenvalue weighted by Gasteiger charge is -2.39. The lowest BCUT2D eigenvalue weighted by atomic mass is 10.1. The van der Waals surface area contributed by atoms with Crippen LogP contribution >= 0.6 is 0 Å². The van der Waals surface area contributed by atoms with Crippen molar-refractivity contribution >= 4 is 22.3 Å². The van der Waals surface area contributed by atoms with Crippen LogP contribution in [0.2, 0.25) is 0 Å². The number of aliphatic hydroxyl groups is 1. The van der Waals surface area contributed by atoms with Gasteiger partial charge in [0, 0.05) is 31.9 Å². The molecule has 3 N–H and O–H groups in total. The number of piperazine rings is 1. The molecule has 0 radical (unpaired) electrons. The van der Waals surface area contributed by atoms with Crippen molar-refractivity contribution in [3.05, 3.63) is 60.1 Å². The molecule has 1 aliphatic heterocycles. The standard InChI is InChI=1S/C22H23N5O2/c1-15(26-10-12-27(13-11-26)16-6-8-17(28)9-7-16)21(29)18(14-23)22-24-19-4-2-3-5-20(19)25-22/h2-9,15,28-29H,10-13H2,1H3,(H,24,25)/b21-18-/t15-/m0/s1. The van der Waals surface area contributed by atoms with E-state index in [1.807, 2.05) is 43.3 Å². The number of allylic oxidation sites excluding steroid dienone is 1. The van der Waals surface area contributed by atoms with Crippen LogP contribution in [0.1, 0.15) is 12.7 Å². The number of phenols is 1. The van der Waals surface area contributed by atoms with E-state index in [4.69, 9.17) is 0 Å². The fourth-order valence-corrected chi connectivity index (χ4v) is 3.72. The molecule has 0 saturated carbocycles.